The number of benzene rings is 1. The molecule has 0 aliphatic heterocycles. The van der Waals surface area contributed by atoms with E-state index in [2.05, 4.69) is 10.6 Å². The Morgan fingerprint density at radius 1 is 1.24 bits per heavy atom. The number of carbonyl (C=O) groups is 2. The summed E-state index contributed by atoms with van der Waals surface area (Å²) >= 11 is 11.6. The normalized spacial score (nSPS) is 9.71. The molecule has 0 saturated heterocycles. The number of likely N-dealkylation sites (N-methyl/N-ethyl adjacent to an activating group) is 2. The number of halogens is 3. The number of hydrogen-bond acceptors (Lipinski definition) is 3. The zero-order chi connectivity index (χ0) is 15.1. The van der Waals surface area contributed by atoms with E-state index in [1.165, 1.54) is 6.07 Å². The summed E-state index contributed by atoms with van der Waals surface area (Å²) in [6.07, 6.45) is 0. The smallest absolute Gasteiger partial charge is 0.251 e. The van der Waals surface area contributed by atoms with E-state index in [-0.39, 0.29) is 30.8 Å². The van der Waals surface area contributed by atoms with E-state index >= 15 is 0 Å². The molecule has 2 N–H and O–H groups in total. The Kier molecular flexibility index (Phi) is 9.37. The van der Waals surface area contributed by atoms with Crippen molar-refractivity contribution in [3.8, 4) is 0 Å². The van der Waals surface area contributed by atoms with Gasteiger partial charge in [-0.05, 0) is 25.2 Å². The molecule has 0 aromatic heterocycles. The Morgan fingerprint density at radius 2 is 1.90 bits per heavy atom. The fourth-order valence-electron chi connectivity index (χ4n) is 1.43. The number of carbonyl (C=O) groups excluding carboxylic acids is 2. The molecule has 2 amide bonds. The van der Waals surface area contributed by atoms with Gasteiger partial charge in [-0.1, -0.05) is 23.2 Å². The Hall–Kier alpha value is -1.01. The fraction of sp³-hybridized carbons (Fsp3) is 0.385. The third-order valence-corrected chi connectivity index (χ3v) is 3.44. The molecule has 0 atom stereocenters. The van der Waals surface area contributed by atoms with Crippen LogP contribution in [-0.2, 0) is 4.79 Å². The molecule has 1 rings (SSSR count). The SMILES string of the molecule is CNCCN(C)C(=O)CNC(=O)c1ccc(Cl)c(Cl)c1.Cl. The zero-order valence-electron chi connectivity index (χ0n) is 11.8. The first-order chi connectivity index (χ1) is 9.45. The molecule has 0 bridgehead atoms. The van der Waals surface area contributed by atoms with Crippen molar-refractivity contribution in [2.24, 2.45) is 0 Å². The van der Waals surface area contributed by atoms with Crippen molar-refractivity contribution in [1.29, 1.82) is 0 Å². The van der Waals surface area contributed by atoms with Gasteiger partial charge in [0.2, 0.25) is 5.91 Å². The lowest BCUT2D eigenvalue weighted by Crippen LogP contribution is -2.40. The first-order valence-electron chi connectivity index (χ1n) is 6.07. The van der Waals surface area contributed by atoms with E-state index < -0.39 is 0 Å². The lowest BCUT2D eigenvalue weighted by atomic mass is 10.2. The molecular formula is C13H18Cl3N3O2. The van der Waals surface area contributed by atoms with Gasteiger partial charge in [0.25, 0.3) is 5.91 Å². The molecule has 118 valence electrons. The lowest BCUT2D eigenvalue weighted by Gasteiger charge is -2.17. The van der Waals surface area contributed by atoms with Gasteiger partial charge in [-0.15, -0.1) is 12.4 Å². The monoisotopic (exact) mass is 353 g/mol. The van der Waals surface area contributed by atoms with Gasteiger partial charge in [0.1, 0.15) is 0 Å². The molecule has 0 radical (unpaired) electrons. The minimum absolute atomic E-state index is 0. The van der Waals surface area contributed by atoms with E-state index in [0.29, 0.717) is 28.7 Å². The standard InChI is InChI=1S/C13H17Cl2N3O2.ClH/c1-16-5-6-18(2)12(19)8-17-13(20)9-3-4-10(14)11(15)7-9;/h3-4,7,16H,5-6,8H2,1-2H3,(H,17,20);1H. The minimum atomic E-state index is -0.362. The van der Waals surface area contributed by atoms with Crippen LogP contribution < -0.4 is 10.6 Å². The van der Waals surface area contributed by atoms with Crippen molar-refractivity contribution in [2.75, 3.05) is 33.7 Å². The highest BCUT2D eigenvalue weighted by Crippen LogP contribution is 2.22. The molecule has 1 aromatic rings. The Morgan fingerprint density at radius 3 is 2.48 bits per heavy atom. The molecule has 0 aliphatic rings. The third kappa shape index (κ3) is 6.52. The summed E-state index contributed by atoms with van der Waals surface area (Å²) < 4.78 is 0. The van der Waals surface area contributed by atoms with E-state index in [0.717, 1.165) is 0 Å². The second-order valence-corrected chi connectivity index (χ2v) is 5.04. The molecule has 0 fully saturated rings. The maximum atomic E-state index is 11.9. The van der Waals surface area contributed by atoms with Crippen molar-refractivity contribution in [3.05, 3.63) is 33.8 Å². The van der Waals surface area contributed by atoms with Crippen LogP contribution in [0.2, 0.25) is 10.0 Å². The van der Waals surface area contributed by atoms with Gasteiger partial charge in [0, 0.05) is 25.7 Å². The lowest BCUT2D eigenvalue weighted by molar-refractivity contribution is -0.128. The maximum Gasteiger partial charge on any atom is 0.251 e. The van der Waals surface area contributed by atoms with Crippen molar-refractivity contribution in [1.82, 2.24) is 15.5 Å². The first kappa shape index (κ1) is 20.0. The summed E-state index contributed by atoms with van der Waals surface area (Å²) in [5.74, 6) is -0.521. The Balaban J connectivity index is 0.00000400. The van der Waals surface area contributed by atoms with Crippen LogP contribution in [-0.4, -0.2) is 50.4 Å². The van der Waals surface area contributed by atoms with E-state index in [1.54, 1.807) is 24.1 Å². The summed E-state index contributed by atoms with van der Waals surface area (Å²) in [4.78, 5) is 25.1. The number of nitrogens with zero attached hydrogens (tertiary/aromatic N) is 1. The van der Waals surface area contributed by atoms with Crippen molar-refractivity contribution in [3.63, 3.8) is 0 Å². The highest BCUT2D eigenvalue weighted by Gasteiger charge is 2.12. The van der Waals surface area contributed by atoms with Crippen LogP contribution in [0.5, 0.6) is 0 Å². The average Bonchev–Trinajstić information content (AvgIpc) is 2.44. The van der Waals surface area contributed by atoms with Gasteiger partial charge in [0.05, 0.1) is 16.6 Å². The predicted molar refractivity (Wildman–Crippen MR) is 87.6 cm³/mol. The van der Waals surface area contributed by atoms with Crippen molar-refractivity contribution < 1.29 is 9.59 Å². The molecule has 8 heteroatoms. The maximum absolute atomic E-state index is 11.9. The van der Waals surface area contributed by atoms with Crippen LogP contribution >= 0.6 is 35.6 Å². The average molecular weight is 355 g/mol. The third-order valence-electron chi connectivity index (χ3n) is 2.70. The molecule has 21 heavy (non-hydrogen) atoms. The highest BCUT2D eigenvalue weighted by atomic mass is 35.5. The van der Waals surface area contributed by atoms with Crippen LogP contribution in [0.4, 0.5) is 0 Å². The second-order valence-electron chi connectivity index (χ2n) is 4.23. The Labute approximate surface area is 140 Å². The van der Waals surface area contributed by atoms with Crippen LogP contribution in [0.25, 0.3) is 0 Å². The molecular weight excluding hydrogens is 337 g/mol. The van der Waals surface area contributed by atoms with E-state index in [9.17, 15) is 9.59 Å². The van der Waals surface area contributed by atoms with Gasteiger partial charge < -0.3 is 15.5 Å². The largest absolute Gasteiger partial charge is 0.343 e. The number of rotatable bonds is 6. The first-order valence-corrected chi connectivity index (χ1v) is 6.83. The van der Waals surface area contributed by atoms with Crippen molar-refractivity contribution in [2.45, 2.75) is 0 Å². The summed E-state index contributed by atoms with van der Waals surface area (Å²) in [5, 5.41) is 6.18. The van der Waals surface area contributed by atoms with Crippen LogP contribution in [0.3, 0.4) is 0 Å². The summed E-state index contributed by atoms with van der Waals surface area (Å²) in [5.41, 5.74) is 0.366. The summed E-state index contributed by atoms with van der Waals surface area (Å²) in [6, 6.07) is 4.56. The van der Waals surface area contributed by atoms with Gasteiger partial charge >= 0.3 is 0 Å². The topological polar surface area (TPSA) is 61.4 Å². The predicted octanol–water partition coefficient (Wildman–Crippen LogP) is 1.82. The molecule has 0 heterocycles. The van der Waals surface area contributed by atoms with Crippen molar-refractivity contribution >= 4 is 47.4 Å². The van der Waals surface area contributed by atoms with Gasteiger partial charge in [0.15, 0.2) is 0 Å². The molecule has 0 saturated carbocycles. The molecule has 0 unspecified atom stereocenters. The fourth-order valence-corrected chi connectivity index (χ4v) is 1.73. The number of hydrogen-bond donors (Lipinski definition) is 2. The number of nitrogens with one attached hydrogen (secondary N) is 2. The molecule has 0 spiro atoms. The van der Waals surface area contributed by atoms with Crippen LogP contribution in [0.1, 0.15) is 10.4 Å². The van der Waals surface area contributed by atoms with Gasteiger partial charge in [-0.25, -0.2) is 0 Å². The molecule has 1 aromatic carbocycles. The van der Waals surface area contributed by atoms with E-state index in [1.807, 2.05) is 7.05 Å². The second kappa shape index (κ2) is 9.84. The van der Waals surface area contributed by atoms with E-state index in [4.69, 9.17) is 23.2 Å². The van der Waals surface area contributed by atoms with Gasteiger partial charge in [-0.2, -0.15) is 0 Å². The van der Waals surface area contributed by atoms with Gasteiger partial charge in [-0.3, -0.25) is 9.59 Å². The summed E-state index contributed by atoms with van der Waals surface area (Å²) in [6.45, 7) is 1.22. The quantitative estimate of drug-likeness (QED) is 0.819. The molecule has 5 nitrogen and oxygen atoms in total. The van der Waals surface area contributed by atoms with Crippen LogP contribution in [0, 0.1) is 0 Å². The molecule has 0 aliphatic carbocycles. The summed E-state index contributed by atoms with van der Waals surface area (Å²) in [7, 11) is 3.50. The Bertz CT molecular complexity index is 498. The van der Waals surface area contributed by atoms with Crippen LogP contribution in [0.15, 0.2) is 18.2 Å². The minimum Gasteiger partial charge on any atom is -0.343 e. The highest BCUT2D eigenvalue weighted by molar-refractivity contribution is 6.42. The zero-order valence-corrected chi connectivity index (χ0v) is 14.1. The number of amides is 2.